The van der Waals surface area contributed by atoms with Crippen LogP contribution >= 0.6 is 23.7 Å². The zero-order chi connectivity index (χ0) is 17.5. The minimum Gasteiger partial charge on any atom is -0.490 e. The summed E-state index contributed by atoms with van der Waals surface area (Å²) in [5.74, 6) is 1.22. The molecule has 3 aromatic heterocycles. The van der Waals surface area contributed by atoms with E-state index in [2.05, 4.69) is 15.0 Å². The number of fused-ring (bicyclic) bond motifs is 2. The maximum Gasteiger partial charge on any atom is 0.259 e. The Kier molecular flexibility index (Phi) is 4.85. The number of rotatable bonds is 3. The normalized spacial score (nSPS) is 14.5. The van der Waals surface area contributed by atoms with E-state index >= 15 is 0 Å². The molecule has 138 valence electrons. The third kappa shape index (κ3) is 3.42. The van der Waals surface area contributed by atoms with E-state index in [0.29, 0.717) is 22.4 Å². The van der Waals surface area contributed by atoms with Crippen LogP contribution in [0.2, 0.25) is 0 Å². The van der Waals surface area contributed by atoms with E-state index in [1.54, 1.807) is 17.4 Å². The Morgan fingerprint density at radius 3 is 2.85 bits per heavy atom. The molecule has 1 saturated carbocycles. The fraction of sp³-hybridized carbons (Fsp3) is 0.250. The molecule has 0 bridgehead atoms. The first-order valence-corrected chi connectivity index (χ1v) is 9.69. The maximum atomic E-state index is 12.6. The van der Waals surface area contributed by atoms with Gasteiger partial charge in [-0.15, -0.1) is 23.7 Å². The lowest BCUT2D eigenvalue weighted by Crippen LogP contribution is -2.13. The average molecular weight is 400 g/mol. The Hall–Kier alpha value is -2.44. The van der Waals surface area contributed by atoms with Crippen LogP contribution in [-0.4, -0.2) is 21.1 Å². The molecule has 1 aliphatic carbocycles. The van der Waals surface area contributed by atoms with Crippen molar-refractivity contribution >= 4 is 44.7 Å². The quantitative estimate of drug-likeness (QED) is 0.529. The number of nitrogens with zero attached hydrogens (tertiary/aromatic N) is 2. The highest BCUT2D eigenvalue weighted by molar-refractivity contribution is 7.17. The van der Waals surface area contributed by atoms with Gasteiger partial charge in [-0.1, -0.05) is 0 Å². The smallest absolute Gasteiger partial charge is 0.259 e. The fourth-order valence-electron chi connectivity index (χ4n) is 3.51. The first-order chi connectivity index (χ1) is 12.8. The number of hydrogen-bond donors (Lipinski definition) is 1. The summed E-state index contributed by atoms with van der Waals surface area (Å²) >= 11 is 1.64. The second-order valence-electron chi connectivity index (χ2n) is 6.65. The van der Waals surface area contributed by atoms with Crippen LogP contribution in [0.3, 0.4) is 0 Å². The molecule has 0 amide bonds. The molecule has 1 aromatic carbocycles. The van der Waals surface area contributed by atoms with Crippen molar-refractivity contribution in [2.24, 2.45) is 0 Å². The second-order valence-corrected chi connectivity index (χ2v) is 7.59. The van der Waals surface area contributed by atoms with Gasteiger partial charge in [0.2, 0.25) is 0 Å². The predicted octanol–water partition coefficient (Wildman–Crippen LogP) is 4.94. The number of ether oxygens (including phenoxy) is 1. The van der Waals surface area contributed by atoms with E-state index in [1.807, 2.05) is 35.8 Å². The largest absolute Gasteiger partial charge is 0.490 e. The van der Waals surface area contributed by atoms with E-state index in [4.69, 9.17) is 4.74 Å². The summed E-state index contributed by atoms with van der Waals surface area (Å²) in [6, 6.07) is 9.52. The first-order valence-electron chi connectivity index (χ1n) is 8.81. The first kappa shape index (κ1) is 17.9. The second kappa shape index (κ2) is 7.29. The van der Waals surface area contributed by atoms with Gasteiger partial charge in [0.15, 0.2) is 5.82 Å². The van der Waals surface area contributed by atoms with Gasteiger partial charge in [0.25, 0.3) is 5.56 Å². The Morgan fingerprint density at radius 2 is 2.00 bits per heavy atom. The van der Waals surface area contributed by atoms with Gasteiger partial charge >= 0.3 is 0 Å². The van der Waals surface area contributed by atoms with Crippen LogP contribution in [0.15, 0.2) is 46.7 Å². The van der Waals surface area contributed by atoms with Crippen LogP contribution in [0.5, 0.6) is 5.75 Å². The van der Waals surface area contributed by atoms with Crippen LogP contribution in [-0.2, 0) is 0 Å². The molecule has 0 spiro atoms. The van der Waals surface area contributed by atoms with Crippen LogP contribution in [0, 0.1) is 0 Å². The number of nitrogens with one attached hydrogen (secondary N) is 1. The summed E-state index contributed by atoms with van der Waals surface area (Å²) in [6.07, 6.45) is 6.68. The van der Waals surface area contributed by atoms with Crippen molar-refractivity contribution in [3.05, 3.63) is 52.3 Å². The van der Waals surface area contributed by atoms with Gasteiger partial charge in [-0.25, -0.2) is 4.98 Å². The lowest BCUT2D eigenvalue weighted by molar-refractivity contribution is 0.210. The average Bonchev–Trinajstić information content (AvgIpc) is 3.33. The summed E-state index contributed by atoms with van der Waals surface area (Å²) in [5, 5.41) is 3.67. The summed E-state index contributed by atoms with van der Waals surface area (Å²) < 4.78 is 7.12. The monoisotopic (exact) mass is 399 g/mol. The van der Waals surface area contributed by atoms with Crippen LogP contribution < -0.4 is 10.3 Å². The molecule has 1 fully saturated rings. The maximum absolute atomic E-state index is 12.6. The topological polar surface area (TPSA) is 67.9 Å². The van der Waals surface area contributed by atoms with Gasteiger partial charge in [-0.05, 0) is 66.8 Å². The predicted molar refractivity (Wildman–Crippen MR) is 111 cm³/mol. The number of pyridine rings is 1. The summed E-state index contributed by atoms with van der Waals surface area (Å²) in [7, 11) is 0. The standard InChI is InChI=1S/C20H17N3O2S.ClH/c24-20-15-10-14(25-13-3-1-2-4-13)5-6-16(15)22-19(23-20)17-9-12-7-8-26-18(12)11-21-17;/h5-11,13H,1-4H2,(H,22,23,24);1H. The third-order valence-electron chi connectivity index (χ3n) is 4.86. The molecule has 5 rings (SSSR count). The SMILES string of the molecule is Cl.O=c1[nH]c(-c2cc3ccsc3cn2)nc2ccc(OC3CCCC3)cc12. The molecule has 27 heavy (non-hydrogen) atoms. The molecule has 0 radical (unpaired) electrons. The van der Waals surface area contributed by atoms with Gasteiger partial charge in [-0.2, -0.15) is 0 Å². The molecule has 5 nitrogen and oxygen atoms in total. The minimum atomic E-state index is -0.172. The summed E-state index contributed by atoms with van der Waals surface area (Å²) in [6.45, 7) is 0. The zero-order valence-electron chi connectivity index (χ0n) is 14.5. The summed E-state index contributed by atoms with van der Waals surface area (Å²) in [4.78, 5) is 24.5. The number of aromatic nitrogens is 3. The number of halogens is 1. The number of hydrogen-bond acceptors (Lipinski definition) is 5. The molecule has 0 atom stereocenters. The van der Waals surface area contributed by atoms with Gasteiger partial charge in [0.05, 0.1) is 21.7 Å². The number of thiophene rings is 1. The van der Waals surface area contributed by atoms with Gasteiger partial charge in [0.1, 0.15) is 11.4 Å². The highest BCUT2D eigenvalue weighted by Gasteiger charge is 2.17. The Bertz CT molecular complexity index is 1160. The van der Waals surface area contributed by atoms with Crippen molar-refractivity contribution in [2.45, 2.75) is 31.8 Å². The van der Waals surface area contributed by atoms with Crippen molar-refractivity contribution in [1.29, 1.82) is 0 Å². The van der Waals surface area contributed by atoms with Crippen molar-refractivity contribution in [2.75, 3.05) is 0 Å². The van der Waals surface area contributed by atoms with E-state index in [-0.39, 0.29) is 24.1 Å². The number of H-pyrrole nitrogens is 1. The molecule has 0 saturated heterocycles. The molecule has 1 aliphatic rings. The van der Waals surface area contributed by atoms with E-state index in [9.17, 15) is 4.79 Å². The molecular formula is C20H18ClN3O2S. The van der Waals surface area contributed by atoms with Crippen molar-refractivity contribution in [3.63, 3.8) is 0 Å². The van der Waals surface area contributed by atoms with Crippen LogP contribution in [0.1, 0.15) is 25.7 Å². The number of benzene rings is 1. The lowest BCUT2D eigenvalue weighted by atomic mass is 10.2. The van der Waals surface area contributed by atoms with Crippen molar-refractivity contribution < 1.29 is 4.74 Å². The van der Waals surface area contributed by atoms with Crippen LogP contribution in [0.25, 0.3) is 32.5 Å². The number of aromatic amines is 1. The molecule has 7 heteroatoms. The van der Waals surface area contributed by atoms with Gasteiger partial charge in [-0.3, -0.25) is 9.78 Å². The van der Waals surface area contributed by atoms with Crippen molar-refractivity contribution in [1.82, 2.24) is 15.0 Å². The Morgan fingerprint density at radius 1 is 1.15 bits per heavy atom. The third-order valence-corrected chi connectivity index (χ3v) is 5.73. The van der Waals surface area contributed by atoms with Crippen LogP contribution in [0.4, 0.5) is 0 Å². The highest BCUT2D eigenvalue weighted by Crippen LogP contribution is 2.27. The molecular weight excluding hydrogens is 382 g/mol. The molecule has 1 N–H and O–H groups in total. The summed E-state index contributed by atoms with van der Waals surface area (Å²) in [5.41, 5.74) is 1.14. The highest BCUT2D eigenvalue weighted by atomic mass is 35.5. The molecule has 0 unspecified atom stereocenters. The van der Waals surface area contributed by atoms with Gasteiger partial charge in [0, 0.05) is 6.20 Å². The Balaban J connectivity index is 0.00000180. The zero-order valence-corrected chi connectivity index (χ0v) is 16.1. The van der Waals surface area contributed by atoms with Gasteiger partial charge < -0.3 is 9.72 Å². The molecule has 3 heterocycles. The van der Waals surface area contributed by atoms with E-state index in [0.717, 1.165) is 28.7 Å². The Labute approximate surface area is 165 Å². The molecule has 0 aliphatic heterocycles. The fourth-order valence-corrected chi connectivity index (χ4v) is 4.25. The van der Waals surface area contributed by atoms with Crippen molar-refractivity contribution in [3.8, 4) is 17.3 Å². The van der Waals surface area contributed by atoms with E-state index in [1.165, 1.54) is 12.8 Å². The minimum absolute atomic E-state index is 0. The van der Waals surface area contributed by atoms with E-state index < -0.39 is 0 Å². The molecule has 4 aromatic rings. The lowest BCUT2D eigenvalue weighted by Gasteiger charge is -2.13.